The molecule has 3 heterocycles. The SMILES string of the molecule is N[C@H](Cc1ccccc1)CN1CCOC[C@H]1C(=O)Nc1cc(Cl)cc2c1[nH]c1cnccc12. The Morgan fingerprint density at radius 1 is 1.27 bits per heavy atom. The Balaban J connectivity index is 1.35. The normalized spacial score (nSPS) is 17.9. The van der Waals surface area contributed by atoms with Crippen LogP contribution in [0, 0.1) is 0 Å². The number of carbonyl (C=O) groups is 1. The van der Waals surface area contributed by atoms with Crippen LogP contribution in [0.4, 0.5) is 5.69 Å². The molecule has 0 unspecified atom stereocenters. The summed E-state index contributed by atoms with van der Waals surface area (Å²) in [5, 5.41) is 5.57. The zero-order chi connectivity index (χ0) is 22.8. The van der Waals surface area contributed by atoms with Gasteiger partial charge in [0.05, 0.1) is 36.1 Å². The summed E-state index contributed by atoms with van der Waals surface area (Å²) in [4.78, 5) is 23.0. The molecule has 4 N–H and O–H groups in total. The minimum atomic E-state index is -0.430. The summed E-state index contributed by atoms with van der Waals surface area (Å²) in [6.45, 7) is 2.17. The smallest absolute Gasteiger partial charge is 0.244 e. The number of aromatic nitrogens is 2. The van der Waals surface area contributed by atoms with Crippen molar-refractivity contribution in [2.75, 3.05) is 31.6 Å². The van der Waals surface area contributed by atoms with Crippen molar-refractivity contribution in [3.63, 3.8) is 0 Å². The zero-order valence-electron chi connectivity index (χ0n) is 18.1. The van der Waals surface area contributed by atoms with Crippen LogP contribution in [0.25, 0.3) is 21.8 Å². The molecule has 1 fully saturated rings. The summed E-state index contributed by atoms with van der Waals surface area (Å²) in [6, 6.07) is 15.2. The standard InChI is InChI=1S/C25H26ClN5O2/c26-17-11-20-19-6-7-28-13-22(19)29-24(20)21(12-17)30-25(32)23-15-33-9-8-31(23)14-18(27)10-16-4-2-1-3-5-16/h1-7,11-13,18,23,29H,8-10,14-15,27H2,(H,30,32)/t18-,23+/m1/s1. The van der Waals surface area contributed by atoms with Gasteiger partial charge < -0.3 is 20.8 Å². The molecule has 1 aliphatic heterocycles. The van der Waals surface area contributed by atoms with E-state index < -0.39 is 6.04 Å². The van der Waals surface area contributed by atoms with Crippen molar-refractivity contribution in [1.82, 2.24) is 14.9 Å². The number of anilines is 1. The molecule has 2 atom stereocenters. The van der Waals surface area contributed by atoms with Crippen molar-refractivity contribution < 1.29 is 9.53 Å². The number of halogens is 1. The van der Waals surface area contributed by atoms with Gasteiger partial charge in [0, 0.05) is 41.1 Å². The van der Waals surface area contributed by atoms with Crippen molar-refractivity contribution in [2.24, 2.45) is 5.73 Å². The number of hydrogen-bond acceptors (Lipinski definition) is 5. The van der Waals surface area contributed by atoms with Gasteiger partial charge in [0.15, 0.2) is 0 Å². The fraction of sp³-hybridized carbons (Fsp3) is 0.280. The fourth-order valence-corrected chi connectivity index (χ4v) is 4.73. The number of aromatic amines is 1. The first-order valence-electron chi connectivity index (χ1n) is 11.1. The van der Waals surface area contributed by atoms with Crippen LogP contribution < -0.4 is 11.1 Å². The second-order valence-electron chi connectivity index (χ2n) is 8.45. The van der Waals surface area contributed by atoms with Crippen molar-refractivity contribution in [3.05, 3.63) is 71.5 Å². The molecule has 0 radical (unpaired) electrons. The predicted molar refractivity (Wildman–Crippen MR) is 132 cm³/mol. The summed E-state index contributed by atoms with van der Waals surface area (Å²) in [5.41, 5.74) is 9.98. The van der Waals surface area contributed by atoms with Gasteiger partial charge in [-0.3, -0.25) is 14.7 Å². The van der Waals surface area contributed by atoms with E-state index in [0.29, 0.717) is 37.0 Å². The molecule has 0 spiro atoms. The number of benzene rings is 2. The lowest BCUT2D eigenvalue weighted by Gasteiger charge is -2.36. The van der Waals surface area contributed by atoms with E-state index in [-0.39, 0.29) is 11.9 Å². The van der Waals surface area contributed by atoms with Gasteiger partial charge in [-0.1, -0.05) is 41.9 Å². The van der Waals surface area contributed by atoms with E-state index >= 15 is 0 Å². The van der Waals surface area contributed by atoms with Gasteiger partial charge in [0.25, 0.3) is 0 Å². The highest BCUT2D eigenvalue weighted by Gasteiger charge is 2.31. The Kier molecular flexibility index (Phi) is 6.28. The van der Waals surface area contributed by atoms with E-state index in [9.17, 15) is 4.79 Å². The van der Waals surface area contributed by atoms with Gasteiger partial charge in [-0.15, -0.1) is 0 Å². The molecule has 1 amide bonds. The molecule has 1 saturated heterocycles. The molecule has 7 nitrogen and oxygen atoms in total. The summed E-state index contributed by atoms with van der Waals surface area (Å²) in [7, 11) is 0. The highest BCUT2D eigenvalue weighted by molar-refractivity contribution is 6.33. The summed E-state index contributed by atoms with van der Waals surface area (Å²) < 4.78 is 5.64. The molecule has 8 heteroatoms. The molecule has 2 aromatic carbocycles. The maximum atomic E-state index is 13.3. The highest BCUT2D eigenvalue weighted by atomic mass is 35.5. The number of amides is 1. The molecule has 33 heavy (non-hydrogen) atoms. The molecular weight excluding hydrogens is 438 g/mol. The number of ether oxygens (including phenoxy) is 1. The van der Waals surface area contributed by atoms with Gasteiger partial charge in [-0.2, -0.15) is 0 Å². The van der Waals surface area contributed by atoms with E-state index in [2.05, 4.69) is 32.3 Å². The van der Waals surface area contributed by atoms with Crippen LogP contribution in [0.15, 0.2) is 60.9 Å². The zero-order valence-corrected chi connectivity index (χ0v) is 18.9. The van der Waals surface area contributed by atoms with E-state index in [1.807, 2.05) is 30.3 Å². The van der Waals surface area contributed by atoms with Gasteiger partial charge in [-0.05, 0) is 30.2 Å². The lowest BCUT2D eigenvalue weighted by atomic mass is 10.0. The molecule has 1 aliphatic rings. The average molecular weight is 464 g/mol. The number of nitrogens with zero attached hydrogens (tertiary/aromatic N) is 2. The van der Waals surface area contributed by atoms with Crippen LogP contribution in [0.5, 0.6) is 0 Å². The maximum absolute atomic E-state index is 13.3. The Labute approximate surface area is 196 Å². The van der Waals surface area contributed by atoms with Crippen molar-refractivity contribution in [3.8, 4) is 0 Å². The molecule has 0 aliphatic carbocycles. The van der Waals surface area contributed by atoms with Crippen LogP contribution in [0.2, 0.25) is 5.02 Å². The summed E-state index contributed by atoms with van der Waals surface area (Å²) >= 11 is 6.39. The number of nitrogens with two attached hydrogens (primary N) is 1. The lowest BCUT2D eigenvalue weighted by Crippen LogP contribution is -2.55. The molecule has 5 rings (SSSR count). The Hall–Kier alpha value is -2.97. The maximum Gasteiger partial charge on any atom is 0.244 e. The van der Waals surface area contributed by atoms with Crippen LogP contribution in [-0.2, 0) is 16.0 Å². The summed E-state index contributed by atoms with van der Waals surface area (Å²) in [6.07, 6.45) is 4.26. The Bertz CT molecular complexity index is 1280. The summed E-state index contributed by atoms with van der Waals surface area (Å²) in [5.74, 6) is -0.137. The monoisotopic (exact) mass is 463 g/mol. The van der Waals surface area contributed by atoms with E-state index in [1.165, 1.54) is 5.56 Å². The third-order valence-corrected chi connectivity index (χ3v) is 6.30. The van der Waals surface area contributed by atoms with Crippen LogP contribution in [-0.4, -0.2) is 59.2 Å². The number of rotatable bonds is 6. The van der Waals surface area contributed by atoms with Gasteiger partial charge in [-0.25, -0.2) is 0 Å². The number of carbonyl (C=O) groups excluding carboxylic acids is 1. The lowest BCUT2D eigenvalue weighted by molar-refractivity contribution is -0.127. The number of H-pyrrole nitrogens is 1. The predicted octanol–water partition coefficient (Wildman–Crippen LogP) is 3.58. The molecule has 4 aromatic rings. The Morgan fingerprint density at radius 2 is 2.12 bits per heavy atom. The van der Waals surface area contributed by atoms with Crippen LogP contribution >= 0.6 is 11.6 Å². The second kappa shape index (κ2) is 9.49. The number of morpholine rings is 1. The van der Waals surface area contributed by atoms with E-state index in [4.69, 9.17) is 22.1 Å². The Morgan fingerprint density at radius 3 is 2.97 bits per heavy atom. The van der Waals surface area contributed by atoms with Crippen LogP contribution in [0.3, 0.4) is 0 Å². The van der Waals surface area contributed by atoms with Crippen molar-refractivity contribution >= 4 is 45.0 Å². The first kappa shape index (κ1) is 21.9. The molecule has 0 bridgehead atoms. The van der Waals surface area contributed by atoms with Crippen LogP contribution in [0.1, 0.15) is 5.56 Å². The van der Waals surface area contributed by atoms with Crippen molar-refractivity contribution in [1.29, 1.82) is 0 Å². The second-order valence-corrected chi connectivity index (χ2v) is 8.88. The van der Waals surface area contributed by atoms with E-state index in [1.54, 1.807) is 18.5 Å². The topological polar surface area (TPSA) is 96.3 Å². The average Bonchev–Trinajstić information content (AvgIpc) is 3.19. The highest BCUT2D eigenvalue weighted by Crippen LogP contribution is 2.33. The third kappa shape index (κ3) is 4.72. The number of hydrogen-bond donors (Lipinski definition) is 3. The molecule has 0 saturated carbocycles. The largest absolute Gasteiger partial charge is 0.378 e. The van der Waals surface area contributed by atoms with Gasteiger partial charge >= 0.3 is 0 Å². The first-order valence-corrected chi connectivity index (χ1v) is 11.4. The molecular formula is C25H26ClN5O2. The molecule has 2 aromatic heterocycles. The minimum absolute atomic E-state index is 0.0834. The van der Waals surface area contributed by atoms with Gasteiger partial charge in [0.2, 0.25) is 5.91 Å². The fourth-order valence-electron chi connectivity index (χ4n) is 4.51. The van der Waals surface area contributed by atoms with Gasteiger partial charge in [0.1, 0.15) is 6.04 Å². The number of pyridine rings is 1. The number of fused-ring (bicyclic) bond motifs is 3. The quantitative estimate of drug-likeness (QED) is 0.406. The molecule has 170 valence electrons. The first-order chi connectivity index (χ1) is 16.1. The van der Waals surface area contributed by atoms with Crippen molar-refractivity contribution in [2.45, 2.75) is 18.5 Å². The number of nitrogens with one attached hydrogen (secondary N) is 2. The minimum Gasteiger partial charge on any atom is -0.378 e. The van der Waals surface area contributed by atoms with E-state index in [0.717, 1.165) is 28.2 Å². The third-order valence-electron chi connectivity index (χ3n) is 6.08.